The van der Waals surface area contributed by atoms with Crippen LogP contribution in [-0.4, -0.2) is 18.2 Å². The summed E-state index contributed by atoms with van der Waals surface area (Å²) >= 11 is 0. The lowest BCUT2D eigenvalue weighted by Gasteiger charge is -2.14. The highest BCUT2D eigenvalue weighted by Crippen LogP contribution is 2.38. The van der Waals surface area contributed by atoms with Crippen LogP contribution in [0.15, 0.2) is 53.2 Å². The van der Waals surface area contributed by atoms with E-state index in [9.17, 15) is 14.8 Å². The zero-order valence-electron chi connectivity index (χ0n) is 15.9. The van der Waals surface area contributed by atoms with Gasteiger partial charge in [0.25, 0.3) is 0 Å². The van der Waals surface area contributed by atoms with Gasteiger partial charge in [-0.2, -0.15) is 0 Å². The molecule has 5 heteroatoms. The molecule has 0 saturated carbocycles. The van der Waals surface area contributed by atoms with Crippen LogP contribution in [0.5, 0.6) is 5.75 Å². The Bertz CT molecular complexity index is 908. The van der Waals surface area contributed by atoms with Crippen LogP contribution in [-0.2, 0) is 6.42 Å². The second-order valence-corrected chi connectivity index (χ2v) is 6.45. The fourth-order valence-corrected chi connectivity index (χ4v) is 2.85. The van der Waals surface area contributed by atoms with Gasteiger partial charge in [0.2, 0.25) is 0 Å². The summed E-state index contributed by atoms with van der Waals surface area (Å²) < 4.78 is 5.43. The molecule has 0 aliphatic heterocycles. The highest BCUT2D eigenvalue weighted by atomic mass is 16.5. The Labute approximate surface area is 159 Å². The minimum atomic E-state index is -1.20. The summed E-state index contributed by atoms with van der Waals surface area (Å²) in [6.45, 7) is 5.75. The first-order valence-corrected chi connectivity index (χ1v) is 8.56. The zero-order valence-corrected chi connectivity index (χ0v) is 15.9. The molecule has 0 radical (unpaired) electrons. The quantitative estimate of drug-likeness (QED) is 0.379. The Morgan fingerprint density at radius 2 is 1.85 bits per heavy atom. The molecule has 140 valence electrons. The van der Waals surface area contributed by atoms with Crippen molar-refractivity contribution >= 4 is 23.3 Å². The third-order valence-corrected chi connectivity index (χ3v) is 4.24. The maximum atomic E-state index is 11.9. The molecule has 27 heavy (non-hydrogen) atoms. The van der Waals surface area contributed by atoms with Gasteiger partial charge in [0.15, 0.2) is 0 Å². The number of ether oxygens (including phenoxy) is 1. The fraction of sp³-hybridized carbons (Fsp3) is 0.227. The number of hydrogen-bond acceptors (Lipinski definition) is 4. The minimum Gasteiger partial charge on any atom is -0.496 e. The predicted octanol–water partition coefficient (Wildman–Crippen LogP) is 5.86. The SMILES string of the molecule is COc1cc(C=C(C)c2ccccc2)c(C(=O)O)c(N=O)c1CC=C(C)C. The smallest absolute Gasteiger partial charge is 0.338 e. The van der Waals surface area contributed by atoms with Crippen LogP contribution in [0.4, 0.5) is 5.69 Å². The highest BCUT2D eigenvalue weighted by Gasteiger charge is 2.23. The first-order valence-electron chi connectivity index (χ1n) is 8.56. The molecular formula is C22H23NO4. The molecule has 1 N–H and O–H groups in total. The largest absolute Gasteiger partial charge is 0.496 e. The van der Waals surface area contributed by atoms with Crippen molar-refractivity contribution in [2.24, 2.45) is 5.18 Å². The summed E-state index contributed by atoms with van der Waals surface area (Å²) in [6.07, 6.45) is 4.01. The molecule has 0 heterocycles. The van der Waals surface area contributed by atoms with Gasteiger partial charge in [0.05, 0.1) is 12.7 Å². The van der Waals surface area contributed by atoms with Gasteiger partial charge < -0.3 is 9.84 Å². The van der Waals surface area contributed by atoms with Crippen LogP contribution in [0.3, 0.4) is 0 Å². The number of benzene rings is 2. The molecule has 0 bridgehead atoms. The number of nitrogens with zero attached hydrogens (tertiary/aromatic N) is 1. The predicted molar refractivity (Wildman–Crippen MR) is 109 cm³/mol. The van der Waals surface area contributed by atoms with E-state index < -0.39 is 5.97 Å². The Balaban J connectivity index is 2.73. The lowest BCUT2D eigenvalue weighted by Crippen LogP contribution is -2.05. The van der Waals surface area contributed by atoms with Gasteiger partial charge in [-0.3, -0.25) is 0 Å². The number of carboxylic acid groups (broad SMARTS) is 1. The van der Waals surface area contributed by atoms with E-state index in [-0.39, 0.29) is 11.3 Å². The summed E-state index contributed by atoms with van der Waals surface area (Å²) in [6, 6.07) is 11.3. The second kappa shape index (κ2) is 8.94. The molecule has 2 rings (SSSR count). The minimum absolute atomic E-state index is 0.0912. The lowest BCUT2D eigenvalue weighted by atomic mass is 9.95. The number of carboxylic acids is 1. The molecule has 0 amide bonds. The number of hydrogen-bond donors (Lipinski definition) is 1. The summed E-state index contributed by atoms with van der Waals surface area (Å²) in [5.41, 5.74) is 3.53. The Hall–Kier alpha value is -3.21. The summed E-state index contributed by atoms with van der Waals surface area (Å²) in [7, 11) is 1.49. The van der Waals surface area contributed by atoms with Crippen molar-refractivity contribution in [2.45, 2.75) is 27.2 Å². The summed E-state index contributed by atoms with van der Waals surface area (Å²) in [5.74, 6) is -0.753. The molecule has 0 spiro atoms. The number of methoxy groups -OCH3 is 1. The third kappa shape index (κ3) is 4.70. The summed E-state index contributed by atoms with van der Waals surface area (Å²) in [4.78, 5) is 23.5. The number of aromatic carboxylic acids is 1. The van der Waals surface area contributed by atoms with Crippen LogP contribution in [0, 0.1) is 4.91 Å². The van der Waals surface area contributed by atoms with E-state index >= 15 is 0 Å². The van der Waals surface area contributed by atoms with E-state index in [0.29, 0.717) is 23.3 Å². The molecule has 0 saturated heterocycles. The van der Waals surface area contributed by atoms with Gasteiger partial charge in [-0.05, 0) is 55.1 Å². The summed E-state index contributed by atoms with van der Waals surface area (Å²) in [5, 5.41) is 12.8. The molecule has 5 nitrogen and oxygen atoms in total. The zero-order chi connectivity index (χ0) is 20.0. The lowest BCUT2D eigenvalue weighted by molar-refractivity contribution is 0.0697. The maximum absolute atomic E-state index is 11.9. The Morgan fingerprint density at radius 1 is 1.19 bits per heavy atom. The van der Waals surface area contributed by atoms with Crippen LogP contribution in [0.25, 0.3) is 11.6 Å². The molecule has 0 aliphatic carbocycles. The standard InChI is InChI=1S/C22H23NO4/c1-14(2)10-11-18-19(27-4)13-17(20(22(24)25)21(18)23-26)12-15(3)16-8-6-5-7-9-16/h5-10,12-13H,11H2,1-4H3,(H,24,25). The molecule has 0 unspecified atom stereocenters. The van der Waals surface area contributed by atoms with Crippen molar-refractivity contribution in [1.82, 2.24) is 0 Å². The molecule has 0 aromatic heterocycles. The van der Waals surface area contributed by atoms with Crippen LogP contribution in [0.2, 0.25) is 0 Å². The molecule has 0 fully saturated rings. The van der Waals surface area contributed by atoms with E-state index in [4.69, 9.17) is 4.74 Å². The van der Waals surface area contributed by atoms with Crippen molar-refractivity contribution in [3.05, 3.63) is 75.2 Å². The van der Waals surface area contributed by atoms with Crippen molar-refractivity contribution in [2.75, 3.05) is 7.11 Å². The third-order valence-electron chi connectivity index (χ3n) is 4.24. The van der Waals surface area contributed by atoms with Crippen molar-refractivity contribution in [1.29, 1.82) is 0 Å². The number of allylic oxidation sites excluding steroid dienone is 3. The van der Waals surface area contributed by atoms with E-state index in [1.54, 1.807) is 12.1 Å². The number of carbonyl (C=O) groups is 1. The van der Waals surface area contributed by atoms with Crippen LogP contribution in [0.1, 0.15) is 47.8 Å². The second-order valence-electron chi connectivity index (χ2n) is 6.45. The molecule has 0 atom stereocenters. The Kier molecular flexibility index (Phi) is 6.66. The Morgan fingerprint density at radius 3 is 2.37 bits per heavy atom. The van der Waals surface area contributed by atoms with Crippen LogP contribution < -0.4 is 4.74 Å². The van der Waals surface area contributed by atoms with Gasteiger partial charge in [0, 0.05) is 5.56 Å². The van der Waals surface area contributed by atoms with Gasteiger partial charge in [-0.25, -0.2) is 4.79 Å². The van der Waals surface area contributed by atoms with Gasteiger partial charge in [-0.1, -0.05) is 48.1 Å². The molecule has 0 aliphatic rings. The van der Waals surface area contributed by atoms with Crippen molar-refractivity contribution in [3.63, 3.8) is 0 Å². The topological polar surface area (TPSA) is 76.0 Å². The monoisotopic (exact) mass is 365 g/mol. The highest BCUT2D eigenvalue weighted by molar-refractivity contribution is 6.01. The first-order chi connectivity index (χ1) is 12.9. The normalized spacial score (nSPS) is 11.0. The maximum Gasteiger partial charge on any atom is 0.338 e. The number of rotatable bonds is 7. The van der Waals surface area contributed by atoms with E-state index in [2.05, 4.69) is 5.18 Å². The molecule has 2 aromatic carbocycles. The van der Waals surface area contributed by atoms with Crippen molar-refractivity contribution < 1.29 is 14.6 Å². The first kappa shape index (κ1) is 20.1. The molecule has 2 aromatic rings. The average Bonchev–Trinajstić information content (AvgIpc) is 2.65. The van der Waals surface area contributed by atoms with Crippen LogP contribution >= 0.6 is 0 Å². The fourth-order valence-electron chi connectivity index (χ4n) is 2.85. The average molecular weight is 365 g/mol. The van der Waals surface area contributed by atoms with E-state index in [1.807, 2.05) is 57.2 Å². The van der Waals surface area contributed by atoms with Gasteiger partial charge >= 0.3 is 5.97 Å². The van der Waals surface area contributed by atoms with E-state index in [0.717, 1.165) is 16.7 Å². The number of nitroso groups, excluding NO2 is 1. The van der Waals surface area contributed by atoms with Gasteiger partial charge in [0.1, 0.15) is 11.4 Å². The van der Waals surface area contributed by atoms with Crippen molar-refractivity contribution in [3.8, 4) is 5.75 Å². The molecular weight excluding hydrogens is 342 g/mol. The van der Waals surface area contributed by atoms with Gasteiger partial charge in [-0.15, -0.1) is 4.91 Å². The van der Waals surface area contributed by atoms with E-state index in [1.165, 1.54) is 7.11 Å².